The third-order valence-electron chi connectivity index (χ3n) is 2.31. The molecule has 0 amide bonds. The maximum atomic E-state index is 11.2. The maximum absolute atomic E-state index is 11.2. The predicted octanol–water partition coefficient (Wildman–Crippen LogP) is 1.90. The molecule has 2 heteroatoms. The number of hydrogen-bond acceptors (Lipinski definition) is 1. The summed E-state index contributed by atoms with van der Waals surface area (Å²) in [5, 5.41) is 0. The highest BCUT2D eigenvalue weighted by Crippen LogP contribution is 2.15. The molecule has 12 heavy (non-hydrogen) atoms. The maximum Gasteiger partial charge on any atom is 0.250 e. The molecule has 0 aromatic carbocycles. The van der Waals surface area contributed by atoms with Crippen LogP contribution in [0.5, 0.6) is 0 Å². The predicted molar refractivity (Wildman–Crippen MR) is 50.4 cm³/mol. The van der Waals surface area contributed by atoms with Gasteiger partial charge in [-0.1, -0.05) is 13.8 Å². The first-order chi connectivity index (χ1) is 5.65. The highest BCUT2D eigenvalue weighted by molar-refractivity contribution is 5.15. The van der Waals surface area contributed by atoms with E-state index in [1.54, 1.807) is 17.7 Å². The van der Waals surface area contributed by atoms with Gasteiger partial charge in [0.2, 0.25) is 0 Å². The second-order valence-electron chi connectivity index (χ2n) is 3.22. The molecule has 0 bridgehead atoms. The van der Waals surface area contributed by atoms with Crippen LogP contribution < -0.4 is 5.56 Å². The highest BCUT2D eigenvalue weighted by atomic mass is 16.1. The zero-order valence-corrected chi connectivity index (χ0v) is 7.87. The van der Waals surface area contributed by atoms with Crippen molar-refractivity contribution >= 4 is 0 Å². The lowest BCUT2D eigenvalue weighted by Gasteiger charge is -2.08. The minimum atomic E-state index is 0.0767. The van der Waals surface area contributed by atoms with Crippen LogP contribution in [-0.2, 0) is 7.05 Å². The van der Waals surface area contributed by atoms with Gasteiger partial charge in [0, 0.05) is 19.3 Å². The second kappa shape index (κ2) is 3.57. The van der Waals surface area contributed by atoms with E-state index < -0.39 is 0 Å². The Hall–Kier alpha value is -1.05. The Balaban J connectivity index is 3.05. The Bertz CT molecular complexity index is 314. The van der Waals surface area contributed by atoms with Crippen LogP contribution in [0.4, 0.5) is 0 Å². The first-order valence-electron chi connectivity index (χ1n) is 4.31. The van der Waals surface area contributed by atoms with Gasteiger partial charge in [0.05, 0.1) is 0 Å². The summed E-state index contributed by atoms with van der Waals surface area (Å²) in [6.45, 7) is 4.26. The Morgan fingerprint density at radius 1 is 1.58 bits per heavy atom. The molecule has 0 aliphatic heterocycles. The van der Waals surface area contributed by atoms with E-state index in [4.69, 9.17) is 0 Å². The third kappa shape index (κ3) is 1.76. The molecule has 0 spiro atoms. The molecule has 0 radical (unpaired) electrons. The van der Waals surface area contributed by atoms with Gasteiger partial charge in [-0.25, -0.2) is 0 Å². The Morgan fingerprint density at radius 3 is 2.75 bits per heavy atom. The number of aryl methyl sites for hydroxylation is 1. The lowest BCUT2D eigenvalue weighted by molar-refractivity contribution is 0.722. The molecule has 0 fully saturated rings. The number of hydrogen-bond donors (Lipinski definition) is 0. The van der Waals surface area contributed by atoms with Gasteiger partial charge in [0.25, 0.3) is 5.56 Å². The van der Waals surface area contributed by atoms with E-state index in [0.29, 0.717) is 5.92 Å². The fourth-order valence-electron chi connectivity index (χ4n) is 1.11. The summed E-state index contributed by atoms with van der Waals surface area (Å²) in [4.78, 5) is 11.2. The SMILES string of the molecule is CCC(C)c1ccn(C)c(=O)c1. The summed E-state index contributed by atoms with van der Waals surface area (Å²) < 4.78 is 1.59. The van der Waals surface area contributed by atoms with Crippen LogP contribution in [0.15, 0.2) is 23.1 Å². The second-order valence-corrected chi connectivity index (χ2v) is 3.22. The van der Waals surface area contributed by atoms with E-state index in [0.717, 1.165) is 12.0 Å². The van der Waals surface area contributed by atoms with Gasteiger partial charge < -0.3 is 4.57 Å². The Labute approximate surface area is 72.8 Å². The molecule has 1 heterocycles. The van der Waals surface area contributed by atoms with Crippen molar-refractivity contribution in [3.05, 3.63) is 34.2 Å². The van der Waals surface area contributed by atoms with Crippen molar-refractivity contribution in [3.63, 3.8) is 0 Å². The van der Waals surface area contributed by atoms with Crippen molar-refractivity contribution in [3.8, 4) is 0 Å². The molecular weight excluding hydrogens is 150 g/mol. The van der Waals surface area contributed by atoms with Crippen LogP contribution in [0.25, 0.3) is 0 Å². The molecule has 1 unspecified atom stereocenters. The molecule has 0 aliphatic carbocycles. The van der Waals surface area contributed by atoms with Gasteiger partial charge >= 0.3 is 0 Å². The van der Waals surface area contributed by atoms with Crippen molar-refractivity contribution in [2.24, 2.45) is 7.05 Å². The standard InChI is InChI=1S/C10H15NO/c1-4-8(2)9-5-6-11(3)10(12)7-9/h5-8H,4H2,1-3H3. The van der Waals surface area contributed by atoms with E-state index in [-0.39, 0.29) is 5.56 Å². The van der Waals surface area contributed by atoms with Crippen molar-refractivity contribution < 1.29 is 0 Å². The van der Waals surface area contributed by atoms with Gasteiger partial charge in [0.1, 0.15) is 0 Å². The summed E-state index contributed by atoms with van der Waals surface area (Å²) >= 11 is 0. The number of aromatic nitrogens is 1. The third-order valence-corrected chi connectivity index (χ3v) is 2.31. The average molecular weight is 165 g/mol. The minimum absolute atomic E-state index is 0.0767. The first kappa shape index (κ1) is 9.04. The lowest BCUT2D eigenvalue weighted by Crippen LogP contribution is -2.15. The van der Waals surface area contributed by atoms with Crippen LogP contribution in [0.3, 0.4) is 0 Å². The topological polar surface area (TPSA) is 22.0 Å². The molecule has 1 aromatic heterocycles. The first-order valence-corrected chi connectivity index (χ1v) is 4.31. The molecule has 2 nitrogen and oxygen atoms in total. The van der Waals surface area contributed by atoms with E-state index >= 15 is 0 Å². The summed E-state index contributed by atoms with van der Waals surface area (Å²) in [6.07, 6.45) is 2.90. The van der Waals surface area contributed by atoms with Crippen molar-refractivity contribution in [1.29, 1.82) is 0 Å². The molecule has 0 N–H and O–H groups in total. The largest absolute Gasteiger partial charge is 0.319 e. The fraction of sp³-hybridized carbons (Fsp3) is 0.500. The average Bonchev–Trinajstić information content (AvgIpc) is 2.08. The van der Waals surface area contributed by atoms with E-state index in [9.17, 15) is 4.79 Å². The van der Waals surface area contributed by atoms with Crippen LogP contribution in [0, 0.1) is 0 Å². The molecule has 1 atom stereocenters. The van der Waals surface area contributed by atoms with Gasteiger partial charge in [-0.3, -0.25) is 4.79 Å². The summed E-state index contributed by atoms with van der Waals surface area (Å²) in [5.74, 6) is 0.485. The van der Waals surface area contributed by atoms with Gasteiger partial charge in [0.15, 0.2) is 0 Å². The van der Waals surface area contributed by atoms with E-state index in [1.807, 2.05) is 12.3 Å². The molecule has 66 valence electrons. The summed E-state index contributed by atoms with van der Waals surface area (Å²) in [6, 6.07) is 3.73. The van der Waals surface area contributed by atoms with Crippen LogP contribution >= 0.6 is 0 Å². The summed E-state index contributed by atoms with van der Waals surface area (Å²) in [5.41, 5.74) is 1.22. The molecule has 0 saturated carbocycles. The number of pyridine rings is 1. The van der Waals surface area contributed by atoms with Crippen molar-refractivity contribution in [1.82, 2.24) is 4.57 Å². The highest BCUT2D eigenvalue weighted by Gasteiger charge is 2.02. The van der Waals surface area contributed by atoms with Crippen molar-refractivity contribution in [2.75, 3.05) is 0 Å². The van der Waals surface area contributed by atoms with Crippen LogP contribution in [0.2, 0.25) is 0 Å². The molecular formula is C10H15NO. The van der Waals surface area contributed by atoms with Gasteiger partial charge in [-0.15, -0.1) is 0 Å². The molecule has 1 rings (SSSR count). The van der Waals surface area contributed by atoms with Gasteiger partial charge in [-0.05, 0) is 24.0 Å². The normalized spacial score (nSPS) is 12.9. The van der Waals surface area contributed by atoms with E-state index in [2.05, 4.69) is 13.8 Å². The zero-order chi connectivity index (χ0) is 9.14. The van der Waals surface area contributed by atoms with E-state index in [1.165, 1.54) is 0 Å². The van der Waals surface area contributed by atoms with Crippen LogP contribution in [0.1, 0.15) is 31.7 Å². The minimum Gasteiger partial charge on any atom is -0.319 e. The van der Waals surface area contributed by atoms with Gasteiger partial charge in [-0.2, -0.15) is 0 Å². The molecule has 0 aliphatic rings. The lowest BCUT2D eigenvalue weighted by atomic mass is 10.0. The molecule has 1 aromatic rings. The Kier molecular flexibility index (Phi) is 2.69. The van der Waals surface area contributed by atoms with Crippen LogP contribution in [-0.4, -0.2) is 4.57 Å². The summed E-state index contributed by atoms with van der Waals surface area (Å²) in [7, 11) is 1.77. The number of rotatable bonds is 2. The van der Waals surface area contributed by atoms with Crippen molar-refractivity contribution in [2.45, 2.75) is 26.2 Å². The quantitative estimate of drug-likeness (QED) is 0.656. The molecule has 0 saturated heterocycles. The Morgan fingerprint density at radius 2 is 2.25 bits per heavy atom. The fourth-order valence-corrected chi connectivity index (χ4v) is 1.11. The smallest absolute Gasteiger partial charge is 0.250 e. The number of nitrogens with zero attached hydrogens (tertiary/aromatic N) is 1. The zero-order valence-electron chi connectivity index (χ0n) is 7.87. The monoisotopic (exact) mass is 165 g/mol.